The fraction of sp³-hybridized carbons (Fsp3) is 0. The number of halogens is 2. The molecule has 0 saturated carbocycles. The SMILES string of the molecule is Nc1cc2c(Br)ccc(Br)c2s1. The lowest BCUT2D eigenvalue weighted by molar-refractivity contribution is 1.74. The van der Waals surface area contributed by atoms with E-state index in [2.05, 4.69) is 31.9 Å². The molecular formula is C8H5Br2NS. The van der Waals surface area contributed by atoms with Crippen molar-refractivity contribution < 1.29 is 0 Å². The number of hydrogen-bond donors (Lipinski definition) is 1. The Morgan fingerprint density at radius 2 is 1.83 bits per heavy atom. The molecule has 0 saturated heterocycles. The molecule has 2 rings (SSSR count). The summed E-state index contributed by atoms with van der Waals surface area (Å²) in [5, 5.41) is 2.02. The van der Waals surface area contributed by atoms with Crippen LogP contribution in [0.2, 0.25) is 0 Å². The molecule has 0 unspecified atom stereocenters. The number of nitrogens with two attached hydrogens (primary N) is 1. The molecule has 2 N–H and O–H groups in total. The molecule has 0 aliphatic carbocycles. The van der Waals surface area contributed by atoms with E-state index < -0.39 is 0 Å². The molecule has 0 aliphatic heterocycles. The highest BCUT2D eigenvalue weighted by atomic mass is 79.9. The molecule has 62 valence electrons. The van der Waals surface area contributed by atoms with Gasteiger partial charge in [0, 0.05) is 14.3 Å². The van der Waals surface area contributed by atoms with E-state index >= 15 is 0 Å². The van der Waals surface area contributed by atoms with Crippen LogP contribution in [0, 0.1) is 0 Å². The molecule has 0 atom stereocenters. The summed E-state index contributed by atoms with van der Waals surface area (Å²) >= 11 is 8.55. The van der Waals surface area contributed by atoms with Gasteiger partial charge in [0.1, 0.15) is 0 Å². The van der Waals surface area contributed by atoms with Gasteiger partial charge in [-0.05, 0) is 34.1 Å². The minimum Gasteiger partial charge on any atom is -0.391 e. The van der Waals surface area contributed by atoms with E-state index in [0.717, 1.165) is 13.9 Å². The predicted octanol–water partition coefficient (Wildman–Crippen LogP) is 4.01. The van der Waals surface area contributed by atoms with E-state index in [4.69, 9.17) is 5.73 Å². The van der Waals surface area contributed by atoms with Gasteiger partial charge in [-0.1, -0.05) is 15.9 Å². The first kappa shape index (κ1) is 8.53. The predicted molar refractivity (Wildman–Crippen MR) is 61.6 cm³/mol. The molecule has 0 spiro atoms. The van der Waals surface area contributed by atoms with Gasteiger partial charge < -0.3 is 5.73 Å². The first-order valence-electron chi connectivity index (χ1n) is 3.31. The molecule has 0 fully saturated rings. The zero-order valence-electron chi connectivity index (χ0n) is 5.97. The molecule has 2 aromatic rings. The second-order valence-corrected chi connectivity index (χ2v) is 5.21. The molecule has 0 radical (unpaired) electrons. The summed E-state index contributed by atoms with van der Waals surface area (Å²) in [6.45, 7) is 0. The molecule has 1 nitrogen and oxygen atoms in total. The molecular weight excluding hydrogens is 302 g/mol. The minimum absolute atomic E-state index is 0.845. The first-order chi connectivity index (χ1) is 5.68. The van der Waals surface area contributed by atoms with Crippen LogP contribution in [0.4, 0.5) is 5.00 Å². The Labute approximate surface area is 90.8 Å². The van der Waals surface area contributed by atoms with Gasteiger partial charge in [0.2, 0.25) is 0 Å². The smallest absolute Gasteiger partial charge is 0.0869 e. The zero-order valence-corrected chi connectivity index (χ0v) is 9.96. The number of thiophene rings is 1. The largest absolute Gasteiger partial charge is 0.391 e. The van der Waals surface area contributed by atoms with Crippen molar-refractivity contribution in [1.29, 1.82) is 0 Å². The Kier molecular flexibility index (Phi) is 2.14. The van der Waals surface area contributed by atoms with Crippen molar-refractivity contribution in [1.82, 2.24) is 0 Å². The number of rotatable bonds is 0. The van der Waals surface area contributed by atoms with Crippen molar-refractivity contribution in [3.05, 3.63) is 27.1 Å². The van der Waals surface area contributed by atoms with E-state index in [0.29, 0.717) is 0 Å². The van der Waals surface area contributed by atoms with Gasteiger partial charge in [-0.2, -0.15) is 0 Å². The fourth-order valence-corrected chi connectivity index (χ4v) is 3.10. The van der Waals surface area contributed by atoms with E-state index in [9.17, 15) is 0 Å². The van der Waals surface area contributed by atoms with Crippen molar-refractivity contribution >= 4 is 58.3 Å². The fourth-order valence-electron chi connectivity index (χ4n) is 1.08. The lowest BCUT2D eigenvalue weighted by Crippen LogP contribution is -1.73. The van der Waals surface area contributed by atoms with Gasteiger partial charge >= 0.3 is 0 Å². The summed E-state index contributed by atoms with van der Waals surface area (Å²) in [4.78, 5) is 0. The van der Waals surface area contributed by atoms with Crippen LogP contribution in [0.3, 0.4) is 0 Å². The maximum Gasteiger partial charge on any atom is 0.0869 e. The monoisotopic (exact) mass is 305 g/mol. The standard InChI is InChI=1S/C8H5Br2NS/c9-5-1-2-6(10)8-4(5)3-7(11)12-8/h1-3H,11H2. The normalized spacial score (nSPS) is 10.8. The maximum absolute atomic E-state index is 5.71. The molecule has 0 bridgehead atoms. The lowest BCUT2D eigenvalue weighted by atomic mass is 10.3. The third-order valence-corrected chi connectivity index (χ3v) is 4.21. The summed E-state index contributed by atoms with van der Waals surface area (Å²) in [6, 6.07) is 6.01. The molecule has 1 heterocycles. The van der Waals surface area contributed by atoms with Crippen LogP contribution in [0.1, 0.15) is 0 Å². The zero-order chi connectivity index (χ0) is 8.72. The van der Waals surface area contributed by atoms with E-state index in [1.807, 2.05) is 18.2 Å². The third-order valence-electron chi connectivity index (χ3n) is 1.60. The quantitative estimate of drug-likeness (QED) is 0.782. The molecule has 0 amide bonds. The maximum atomic E-state index is 5.71. The van der Waals surface area contributed by atoms with E-state index in [1.54, 1.807) is 11.3 Å². The Bertz CT molecular complexity index is 397. The number of hydrogen-bond acceptors (Lipinski definition) is 2. The number of nitrogen functional groups attached to an aromatic ring is 1. The topological polar surface area (TPSA) is 26.0 Å². The van der Waals surface area contributed by atoms with Crippen molar-refractivity contribution in [3.63, 3.8) is 0 Å². The van der Waals surface area contributed by atoms with Gasteiger partial charge in [0.15, 0.2) is 0 Å². The molecule has 4 heteroatoms. The summed E-state index contributed by atoms with van der Waals surface area (Å²) in [5.74, 6) is 0. The van der Waals surface area contributed by atoms with E-state index in [-0.39, 0.29) is 0 Å². The van der Waals surface area contributed by atoms with Crippen LogP contribution in [-0.4, -0.2) is 0 Å². The molecule has 1 aromatic heterocycles. The summed E-state index contributed by atoms with van der Waals surface area (Å²) in [6.07, 6.45) is 0. The number of benzene rings is 1. The van der Waals surface area contributed by atoms with Crippen molar-refractivity contribution in [2.45, 2.75) is 0 Å². The Balaban J connectivity index is 2.93. The van der Waals surface area contributed by atoms with Gasteiger partial charge in [-0.15, -0.1) is 11.3 Å². The highest BCUT2D eigenvalue weighted by molar-refractivity contribution is 9.11. The van der Waals surface area contributed by atoms with Gasteiger partial charge in [-0.25, -0.2) is 0 Å². The second kappa shape index (κ2) is 3.01. The molecule has 12 heavy (non-hydrogen) atoms. The highest BCUT2D eigenvalue weighted by Gasteiger charge is 2.05. The molecule has 1 aromatic carbocycles. The number of fused-ring (bicyclic) bond motifs is 1. The molecule has 0 aliphatic rings. The van der Waals surface area contributed by atoms with Crippen LogP contribution < -0.4 is 5.73 Å². The summed E-state index contributed by atoms with van der Waals surface area (Å²) < 4.78 is 3.39. The Morgan fingerprint density at radius 3 is 2.50 bits per heavy atom. The third kappa shape index (κ3) is 1.28. The first-order valence-corrected chi connectivity index (χ1v) is 5.72. The summed E-state index contributed by atoms with van der Waals surface area (Å²) in [5.41, 5.74) is 5.71. The van der Waals surface area contributed by atoms with Gasteiger partial charge in [-0.3, -0.25) is 0 Å². The Hall–Kier alpha value is -0.0600. The average Bonchev–Trinajstić information content (AvgIpc) is 2.41. The van der Waals surface area contributed by atoms with Crippen LogP contribution in [-0.2, 0) is 0 Å². The van der Waals surface area contributed by atoms with Crippen LogP contribution in [0.25, 0.3) is 10.1 Å². The van der Waals surface area contributed by atoms with Crippen molar-refractivity contribution in [3.8, 4) is 0 Å². The Morgan fingerprint density at radius 1 is 1.17 bits per heavy atom. The van der Waals surface area contributed by atoms with Crippen LogP contribution in [0.5, 0.6) is 0 Å². The van der Waals surface area contributed by atoms with Gasteiger partial charge in [0.25, 0.3) is 0 Å². The second-order valence-electron chi connectivity index (χ2n) is 2.42. The average molecular weight is 307 g/mol. The summed E-state index contributed by atoms with van der Waals surface area (Å²) in [7, 11) is 0. The van der Waals surface area contributed by atoms with Crippen molar-refractivity contribution in [2.75, 3.05) is 5.73 Å². The lowest BCUT2D eigenvalue weighted by Gasteiger charge is -1.94. The highest BCUT2D eigenvalue weighted by Crippen LogP contribution is 2.37. The minimum atomic E-state index is 0.845. The van der Waals surface area contributed by atoms with E-state index in [1.165, 1.54) is 10.1 Å². The van der Waals surface area contributed by atoms with Crippen LogP contribution >= 0.6 is 43.2 Å². The van der Waals surface area contributed by atoms with Crippen molar-refractivity contribution in [2.24, 2.45) is 0 Å². The van der Waals surface area contributed by atoms with Crippen LogP contribution in [0.15, 0.2) is 27.1 Å². The number of anilines is 1. The van der Waals surface area contributed by atoms with Gasteiger partial charge in [0.05, 0.1) is 9.70 Å².